The fourth-order valence-electron chi connectivity index (χ4n) is 1.38. The Bertz CT molecular complexity index is 294. The maximum atomic E-state index is 4.58. The molecule has 0 aliphatic carbocycles. The van der Waals surface area contributed by atoms with Crippen molar-refractivity contribution in [3.05, 3.63) is 15.6 Å². The van der Waals surface area contributed by atoms with E-state index in [2.05, 4.69) is 38.0 Å². The smallest absolute Gasteiger partial charge is 0.0931 e. The van der Waals surface area contributed by atoms with Crippen LogP contribution in [0, 0.1) is 6.92 Å². The summed E-state index contributed by atoms with van der Waals surface area (Å²) >= 11 is 1.86. The van der Waals surface area contributed by atoms with Crippen LogP contribution in [0.25, 0.3) is 0 Å². The molecule has 0 bridgehead atoms. The monoisotopic (exact) mass is 226 g/mol. The lowest BCUT2D eigenvalue weighted by molar-refractivity contribution is 0.536. The molecule has 0 aromatic carbocycles. The van der Waals surface area contributed by atoms with E-state index in [1.165, 1.54) is 28.4 Å². The van der Waals surface area contributed by atoms with E-state index >= 15 is 0 Å². The summed E-state index contributed by atoms with van der Waals surface area (Å²) in [6, 6.07) is 0.598. The Morgan fingerprint density at radius 1 is 1.40 bits per heavy atom. The normalized spacial score (nSPS) is 13.1. The molecule has 86 valence electrons. The highest BCUT2D eigenvalue weighted by molar-refractivity contribution is 7.11. The van der Waals surface area contributed by atoms with E-state index < -0.39 is 0 Å². The van der Waals surface area contributed by atoms with E-state index in [0.29, 0.717) is 6.04 Å². The van der Waals surface area contributed by atoms with Gasteiger partial charge in [0.25, 0.3) is 0 Å². The molecule has 0 amide bonds. The molecule has 1 aromatic rings. The van der Waals surface area contributed by atoms with Gasteiger partial charge < -0.3 is 5.32 Å². The Labute approximate surface area is 97.1 Å². The number of thiazole rings is 1. The van der Waals surface area contributed by atoms with Gasteiger partial charge in [0.1, 0.15) is 0 Å². The minimum atomic E-state index is 0.598. The van der Waals surface area contributed by atoms with E-state index in [1.807, 2.05) is 11.3 Å². The summed E-state index contributed by atoms with van der Waals surface area (Å²) in [5.74, 6) is 0. The van der Waals surface area contributed by atoms with Crippen LogP contribution < -0.4 is 5.32 Å². The van der Waals surface area contributed by atoms with Crippen molar-refractivity contribution in [3.8, 4) is 0 Å². The Kier molecular flexibility index (Phi) is 5.26. The standard InChI is InChI=1S/C12H22N2S/c1-5-7-12-14-10(4)11(15-12)8-13-9(3)6-2/h9,13H,5-8H2,1-4H3. The van der Waals surface area contributed by atoms with Crippen LogP contribution in [0.5, 0.6) is 0 Å². The highest BCUT2D eigenvalue weighted by Gasteiger charge is 2.07. The minimum absolute atomic E-state index is 0.598. The van der Waals surface area contributed by atoms with Gasteiger partial charge in [0.2, 0.25) is 0 Å². The summed E-state index contributed by atoms with van der Waals surface area (Å²) in [5.41, 5.74) is 1.21. The van der Waals surface area contributed by atoms with Gasteiger partial charge in [0, 0.05) is 17.5 Å². The molecule has 1 atom stereocenters. The molecule has 0 aliphatic rings. The van der Waals surface area contributed by atoms with Crippen LogP contribution in [0.4, 0.5) is 0 Å². The van der Waals surface area contributed by atoms with Gasteiger partial charge in [-0.25, -0.2) is 4.98 Å². The Balaban J connectivity index is 2.53. The van der Waals surface area contributed by atoms with E-state index in [9.17, 15) is 0 Å². The van der Waals surface area contributed by atoms with E-state index in [-0.39, 0.29) is 0 Å². The molecule has 3 heteroatoms. The number of nitrogens with zero attached hydrogens (tertiary/aromatic N) is 1. The molecule has 0 saturated carbocycles. The number of rotatable bonds is 6. The quantitative estimate of drug-likeness (QED) is 0.805. The molecule has 1 N–H and O–H groups in total. The van der Waals surface area contributed by atoms with Gasteiger partial charge in [-0.3, -0.25) is 0 Å². The van der Waals surface area contributed by atoms with Crippen molar-refractivity contribution in [2.45, 2.75) is 59.5 Å². The molecule has 0 fully saturated rings. The van der Waals surface area contributed by atoms with Gasteiger partial charge in [0.15, 0.2) is 0 Å². The van der Waals surface area contributed by atoms with Crippen molar-refractivity contribution >= 4 is 11.3 Å². The highest BCUT2D eigenvalue weighted by Crippen LogP contribution is 2.19. The summed E-state index contributed by atoms with van der Waals surface area (Å²) in [7, 11) is 0. The number of aromatic nitrogens is 1. The van der Waals surface area contributed by atoms with Crippen molar-refractivity contribution in [2.75, 3.05) is 0 Å². The maximum Gasteiger partial charge on any atom is 0.0931 e. The molecule has 1 rings (SSSR count). The molecule has 0 aliphatic heterocycles. The summed E-state index contributed by atoms with van der Waals surface area (Å²) in [6.07, 6.45) is 3.49. The largest absolute Gasteiger partial charge is 0.309 e. The molecule has 1 unspecified atom stereocenters. The van der Waals surface area contributed by atoms with Crippen LogP contribution in [0.1, 0.15) is 49.2 Å². The van der Waals surface area contributed by atoms with Gasteiger partial charge in [0.05, 0.1) is 10.7 Å². The fourth-order valence-corrected chi connectivity index (χ4v) is 2.51. The lowest BCUT2D eigenvalue weighted by Gasteiger charge is -2.09. The fraction of sp³-hybridized carbons (Fsp3) is 0.750. The van der Waals surface area contributed by atoms with Crippen molar-refractivity contribution in [3.63, 3.8) is 0 Å². The summed E-state index contributed by atoms with van der Waals surface area (Å²) in [6.45, 7) is 9.72. The molecule has 1 heterocycles. The van der Waals surface area contributed by atoms with Crippen LogP contribution in [-0.4, -0.2) is 11.0 Å². The maximum absolute atomic E-state index is 4.58. The van der Waals surface area contributed by atoms with Crippen LogP contribution in [-0.2, 0) is 13.0 Å². The van der Waals surface area contributed by atoms with E-state index in [4.69, 9.17) is 0 Å². The molecule has 0 saturated heterocycles. The predicted molar refractivity (Wildman–Crippen MR) is 67.4 cm³/mol. The van der Waals surface area contributed by atoms with Gasteiger partial charge in [-0.05, 0) is 33.1 Å². The third-order valence-corrected chi connectivity index (χ3v) is 3.84. The predicted octanol–water partition coefficient (Wildman–Crippen LogP) is 3.29. The number of nitrogens with one attached hydrogen (secondary N) is 1. The van der Waals surface area contributed by atoms with Crippen LogP contribution in [0.2, 0.25) is 0 Å². The van der Waals surface area contributed by atoms with Crippen LogP contribution in [0.15, 0.2) is 0 Å². The zero-order valence-corrected chi connectivity index (χ0v) is 11.1. The SMILES string of the molecule is CCCc1nc(C)c(CNC(C)CC)s1. The third kappa shape index (κ3) is 3.92. The molecule has 0 radical (unpaired) electrons. The number of hydrogen-bond acceptors (Lipinski definition) is 3. The molecular formula is C12H22N2S. The van der Waals surface area contributed by atoms with Crippen LogP contribution in [0.3, 0.4) is 0 Å². The highest BCUT2D eigenvalue weighted by atomic mass is 32.1. The lowest BCUT2D eigenvalue weighted by Crippen LogP contribution is -2.24. The first-order valence-electron chi connectivity index (χ1n) is 5.85. The second-order valence-electron chi connectivity index (χ2n) is 4.06. The lowest BCUT2D eigenvalue weighted by atomic mass is 10.2. The Morgan fingerprint density at radius 3 is 2.73 bits per heavy atom. The van der Waals surface area contributed by atoms with Crippen molar-refractivity contribution in [1.29, 1.82) is 0 Å². The van der Waals surface area contributed by atoms with Crippen molar-refractivity contribution in [1.82, 2.24) is 10.3 Å². The average Bonchev–Trinajstić information content (AvgIpc) is 2.56. The summed E-state index contributed by atoms with van der Waals surface area (Å²) in [5, 5.41) is 4.80. The Hall–Kier alpha value is -0.410. The summed E-state index contributed by atoms with van der Waals surface area (Å²) in [4.78, 5) is 5.98. The van der Waals surface area contributed by atoms with Gasteiger partial charge >= 0.3 is 0 Å². The van der Waals surface area contributed by atoms with Crippen molar-refractivity contribution in [2.24, 2.45) is 0 Å². The second kappa shape index (κ2) is 6.23. The number of hydrogen-bond donors (Lipinski definition) is 1. The average molecular weight is 226 g/mol. The first kappa shape index (κ1) is 12.7. The van der Waals surface area contributed by atoms with Gasteiger partial charge in [-0.15, -0.1) is 11.3 Å². The van der Waals surface area contributed by atoms with Gasteiger partial charge in [-0.1, -0.05) is 13.8 Å². The Morgan fingerprint density at radius 2 is 2.13 bits per heavy atom. The third-order valence-electron chi connectivity index (χ3n) is 2.62. The first-order valence-corrected chi connectivity index (χ1v) is 6.67. The van der Waals surface area contributed by atoms with E-state index in [1.54, 1.807) is 0 Å². The first-order chi connectivity index (χ1) is 7.17. The van der Waals surface area contributed by atoms with Crippen LogP contribution >= 0.6 is 11.3 Å². The topological polar surface area (TPSA) is 24.9 Å². The minimum Gasteiger partial charge on any atom is -0.309 e. The molecule has 15 heavy (non-hydrogen) atoms. The second-order valence-corrected chi connectivity index (χ2v) is 5.22. The van der Waals surface area contributed by atoms with Crippen molar-refractivity contribution < 1.29 is 0 Å². The molecule has 0 spiro atoms. The zero-order chi connectivity index (χ0) is 11.3. The molecule has 2 nitrogen and oxygen atoms in total. The van der Waals surface area contributed by atoms with Gasteiger partial charge in [-0.2, -0.15) is 0 Å². The summed E-state index contributed by atoms with van der Waals surface area (Å²) < 4.78 is 0. The zero-order valence-electron chi connectivity index (χ0n) is 10.3. The number of aryl methyl sites for hydroxylation is 2. The molecule has 1 aromatic heterocycles. The van der Waals surface area contributed by atoms with E-state index in [0.717, 1.165) is 13.0 Å². The molecular weight excluding hydrogens is 204 g/mol.